The second-order valence-corrected chi connectivity index (χ2v) is 6.51. The Morgan fingerprint density at radius 2 is 1.67 bits per heavy atom. The summed E-state index contributed by atoms with van der Waals surface area (Å²) in [7, 11) is 0. The molecule has 1 atom stereocenters. The van der Waals surface area contributed by atoms with Gasteiger partial charge in [0.1, 0.15) is 0 Å². The van der Waals surface area contributed by atoms with Crippen LogP contribution in [0, 0.1) is 0 Å². The molecule has 0 bridgehead atoms. The number of aliphatic hydroxyl groups is 1. The number of hydrogen-bond donors (Lipinski definition) is 1. The molecule has 0 aliphatic carbocycles. The van der Waals surface area contributed by atoms with Gasteiger partial charge in [-0.3, -0.25) is 0 Å². The van der Waals surface area contributed by atoms with E-state index in [1.807, 2.05) is 43.3 Å². The lowest BCUT2D eigenvalue weighted by atomic mass is 9.87. The molecule has 0 saturated heterocycles. The van der Waals surface area contributed by atoms with Crippen LogP contribution in [0.4, 0.5) is 0 Å². The molecule has 0 saturated carbocycles. The number of halogens is 1. The minimum absolute atomic E-state index is 0.588. The molecule has 2 heteroatoms. The van der Waals surface area contributed by atoms with Crippen LogP contribution in [0.1, 0.15) is 18.1 Å². The zero-order chi connectivity index (χ0) is 14.9. The summed E-state index contributed by atoms with van der Waals surface area (Å²) in [5, 5.41) is 13.3. The van der Waals surface area contributed by atoms with E-state index in [0.717, 1.165) is 15.6 Å². The molecular weight excluding hydrogens is 324 g/mol. The average molecular weight is 341 g/mol. The molecule has 0 amide bonds. The third-order valence-electron chi connectivity index (χ3n) is 3.86. The lowest BCUT2D eigenvalue weighted by Crippen LogP contribution is -2.24. The zero-order valence-corrected chi connectivity index (χ0v) is 13.5. The Balaban J connectivity index is 2.01. The maximum atomic E-state index is 10.9. The molecule has 0 radical (unpaired) electrons. The average Bonchev–Trinajstić information content (AvgIpc) is 2.47. The Morgan fingerprint density at radius 1 is 0.952 bits per heavy atom. The van der Waals surface area contributed by atoms with Gasteiger partial charge in [0.25, 0.3) is 0 Å². The van der Waals surface area contributed by atoms with Crippen LogP contribution in [0.25, 0.3) is 10.8 Å². The fourth-order valence-corrected chi connectivity index (χ4v) is 3.14. The van der Waals surface area contributed by atoms with Crippen LogP contribution in [-0.2, 0) is 12.0 Å². The van der Waals surface area contributed by atoms with Crippen LogP contribution in [-0.4, -0.2) is 5.11 Å². The minimum Gasteiger partial charge on any atom is -0.385 e. The van der Waals surface area contributed by atoms with Crippen molar-refractivity contribution in [3.05, 3.63) is 82.3 Å². The smallest absolute Gasteiger partial charge is 0.0909 e. The van der Waals surface area contributed by atoms with E-state index in [1.165, 1.54) is 10.8 Å². The van der Waals surface area contributed by atoms with Gasteiger partial charge in [-0.15, -0.1) is 0 Å². The van der Waals surface area contributed by atoms with Crippen LogP contribution >= 0.6 is 15.9 Å². The molecule has 1 N–H and O–H groups in total. The first kappa shape index (κ1) is 14.3. The molecule has 3 aromatic rings. The first-order valence-corrected chi connectivity index (χ1v) is 7.81. The van der Waals surface area contributed by atoms with Gasteiger partial charge in [0.2, 0.25) is 0 Å². The van der Waals surface area contributed by atoms with Gasteiger partial charge in [-0.1, -0.05) is 70.5 Å². The Morgan fingerprint density at radius 3 is 2.48 bits per heavy atom. The van der Waals surface area contributed by atoms with Crippen LogP contribution in [0.15, 0.2) is 71.2 Å². The molecule has 0 aliphatic rings. The Hall–Kier alpha value is -1.64. The van der Waals surface area contributed by atoms with E-state index >= 15 is 0 Å². The summed E-state index contributed by atoms with van der Waals surface area (Å²) in [5.41, 5.74) is 1.19. The molecule has 3 aromatic carbocycles. The van der Waals surface area contributed by atoms with Crippen molar-refractivity contribution in [2.75, 3.05) is 0 Å². The van der Waals surface area contributed by atoms with Crippen molar-refractivity contribution in [2.24, 2.45) is 0 Å². The molecule has 0 aromatic heterocycles. The fourth-order valence-electron chi connectivity index (χ4n) is 2.74. The summed E-state index contributed by atoms with van der Waals surface area (Å²) in [5.74, 6) is 0. The fraction of sp³-hybridized carbons (Fsp3) is 0.158. The Kier molecular flexibility index (Phi) is 3.83. The van der Waals surface area contributed by atoms with Gasteiger partial charge in [0, 0.05) is 10.9 Å². The third kappa shape index (κ3) is 3.02. The molecule has 1 unspecified atom stereocenters. The van der Waals surface area contributed by atoms with E-state index in [4.69, 9.17) is 0 Å². The molecule has 0 aliphatic heterocycles. The maximum Gasteiger partial charge on any atom is 0.0909 e. The second-order valence-electron chi connectivity index (χ2n) is 5.60. The first-order chi connectivity index (χ1) is 10.1. The zero-order valence-electron chi connectivity index (χ0n) is 11.9. The van der Waals surface area contributed by atoms with Crippen LogP contribution < -0.4 is 0 Å². The van der Waals surface area contributed by atoms with Crippen molar-refractivity contribution >= 4 is 26.7 Å². The molecule has 3 rings (SSSR count). The van der Waals surface area contributed by atoms with Gasteiger partial charge in [-0.2, -0.15) is 0 Å². The van der Waals surface area contributed by atoms with Crippen molar-refractivity contribution in [2.45, 2.75) is 18.9 Å². The number of rotatable bonds is 3. The van der Waals surface area contributed by atoms with Gasteiger partial charge in [0.05, 0.1) is 5.60 Å². The summed E-state index contributed by atoms with van der Waals surface area (Å²) in [6, 6.07) is 22.4. The summed E-state index contributed by atoms with van der Waals surface area (Å²) >= 11 is 3.47. The first-order valence-electron chi connectivity index (χ1n) is 7.01. The highest BCUT2D eigenvalue weighted by Crippen LogP contribution is 2.30. The predicted molar refractivity (Wildman–Crippen MR) is 91.4 cm³/mol. The van der Waals surface area contributed by atoms with E-state index < -0.39 is 5.60 Å². The summed E-state index contributed by atoms with van der Waals surface area (Å²) in [6.07, 6.45) is 0.588. The second kappa shape index (κ2) is 5.63. The number of fused-ring (bicyclic) bond motifs is 1. The van der Waals surface area contributed by atoms with Crippen molar-refractivity contribution in [3.8, 4) is 0 Å². The highest BCUT2D eigenvalue weighted by molar-refractivity contribution is 9.10. The monoisotopic (exact) mass is 340 g/mol. The lowest BCUT2D eigenvalue weighted by Gasteiger charge is -2.25. The van der Waals surface area contributed by atoms with E-state index in [-0.39, 0.29) is 0 Å². The summed E-state index contributed by atoms with van der Waals surface area (Å²) in [4.78, 5) is 0. The quantitative estimate of drug-likeness (QED) is 0.707. The third-order valence-corrected chi connectivity index (χ3v) is 4.35. The molecule has 0 spiro atoms. The molecule has 1 nitrogen and oxygen atoms in total. The minimum atomic E-state index is -0.895. The number of hydrogen-bond acceptors (Lipinski definition) is 1. The van der Waals surface area contributed by atoms with Crippen LogP contribution in [0.2, 0.25) is 0 Å². The lowest BCUT2D eigenvalue weighted by molar-refractivity contribution is 0.0579. The topological polar surface area (TPSA) is 20.2 Å². The SMILES string of the molecule is CC(O)(Cc1cccc2ccccc12)c1cccc(Br)c1. The van der Waals surface area contributed by atoms with E-state index in [1.54, 1.807) is 0 Å². The predicted octanol–water partition coefficient (Wildman–Crippen LogP) is 5.05. The van der Waals surface area contributed by atoms with Crippen molar-refractivity contribution < 1.29 is 5.11 Å². The highest BCUT2D eigenvalue weighted by atomic mass is 79.9. The summed E-state index contributed by atoms with van der Waals surface area (Å²) < 4.78 is 0.984. The molecular formula is C19H17BrO. The standard InChI is InChI=1S/C19H17BrO/c1-19(21,16-9-5-10-17(20)12-16)13-15-8-4-7-14-6-2-3-11-18(14)15/h2-12,21H,13H2,1H3. The summed E-state index contributed by atoms with van der Waals surface area (Å²) in [6.45, 7) is 1.87. The Bertz CT molecular complexity index is 772. The van der Waals surface area contributed by atoms with Crippen molar-refractivity contribution in [3.63, 3.8) is 0 Å². The molecule has 21 heavy (non-hydrogen) atoms. The normalized spacial score (nSPS) is 14.0. The molecule has 0 fully saturated rings. The van der Waals surface area contributed by atoms with Gasteiger partial charge in [0.15, 0.2) is 0 Å². The van der Waals surface area contributed by atoms with E-state index in [2.05, 4.69) is 46.3 Å². The van der Waals surface area contributed by atoms with Gasteiger partial charge in [-0.25, -0.2) is 0 Å². The van der Waals surface area contributed by atoms with Crippen molar-refractivity contribution in [1.29, 1.82) is 0 Å². The van der Waals surface area contributed by atoms with Crippen LogP contribution in [0.5, 0.6) is 0 Å². The number of benzene rings is 3. The maximum absolute atomic E-state index is 10.9. The van der Waals surface area contributed by atoms with E-state index in [0.29, 0.717) is 6.42 Å². The Labute approximate surface area is 133 Å². The van der Waals surface area contributed by atoms with E-state index in [9.17, 15) is 5.11 Å². The highest BCUT2D eigenvalue weighted by Gasteiger charge is 2.24. The van der Waals surface area contributed by atoms with Crippen LogP contribution in [0.3, 0.4) is 0 Å². The molecule has 106 valence electrons. The molecule has 0 heterocycles. The largest absolute Gasteiger partial charge is 0.385 e. The van der Waals surface area contributed by atoms with Gasteiger partial charge in [-0.05, 0) is 41.0 Å². The van der Waals surface area contributed by atoms with Gasteiger partial charge < -0.3 is 5.11 Å². The van der Waals surface area contributed by atoms with Gasteiger partial charge >= 0.3 is 0 Å². The van der Waals surface area contributed by atoms with Crippen molar-refractivity contribution in [1.82, 2.24) is 0 Å².